The van der Waals surface area contributed by atoms with Gasteiger partial charge in [-0.2, -0.15) is 16.8 Å². The quantitative estimate of drug-likeness (QED) is 0.471. The highest BCUT2D eigenvalue weighted by atomic mass is 32.2. The Labute approximate surface area is 157 Å². The number of ether oxygens (including phenoxy) is 1. The van der Waals surface area contributed by atoms with Crippen molar-refractivity contribution in [1.82, 2.24) is 0 Å². The van der Waals surface area contributed by atoms with Crippen molar-refractivity contribution >= 4 is 26.1 Å². The van der Waals surface area contributed by atoms with Crippen molar-refractivity contribution < 1.29 is 40.2 Å². The zero-order chi connectivity index (χ0) is 20.2. The number of rotatable bonds is 9. The Morgan fingerprint density at radius 2 is 1.74 bits per heavy atom. The smallest absolute Gasteiger partial charge is 0.264 e. The summed E-state index contributed by atoms with van der Waals surface area (Å²) < 4.78 is 60.8. The van der Waals surface area contributed by atoms with Crippen LogP contribution in [0.1, 0.15) is 5.56 Å². The fraction of sp³-hybridized carbons (Fsp3) is 0.533. The van der Waals surface area contributed by atoms with E-state index in [1.165, 1.54) is 0 Å². The second-order valence-electron chi connectivity index (χ2n) is 5.96. The molecule has 0 aliphatic carbocycles. The Kier molecular flexibility index (Phi) is 6.94. The summed E-state index contributed by atoms with van der Waals surface area (Å²) >= 11 is 0. The maximum Gasteiger partial charge on any atom is 0.264 e. The minimum atomic E-state index is -4.04. The predicted molar refractivity (Wildman–Crippen MR) is 95.2 cm³/mol. The third-order valence-electron chi connectivity index (χ3n) is 3.56. The molecule has 27 heavy (non-hydrogen) atoms. The molecule has 1 aromatic rings. The van der Waals surface area contributed by atoms with Gasteiger partial charge >= 0.3 is 0 Å². The summed E-state index contributed by atoms with van der Waals surface area (Å²) in [6.45, 7) is -1.00. The average molecular weight is 423 g/mol. The summed E-state index contributed by atoms with van der Waals surface area (Å²) in [5, 5.41) is 19.8. The highest BCUT2D eigenvalue weighted by Crippen LogP contribution is 2.22. The van der Waals surface area contributed by atoms with Crippen LogP contribution in [0.15, 0.2) is 35.3 Å². The number of aliphatic hydroxyl groups excluding tert-OH is 2. The Hall–Kier alpha value is -1.57. The van der Waals surface area contributed by atoms with Gasteiger partial charge in [0.2, 0.25) is 5.90 Å². The van der Waals surface area contributed by atoms with Crippen LogP contribution in [0.5, 0.6) is 0 Å². The van der Waals surface area contributed by atoms with Crippen molar-refractivity contribution in [2.24, 2.45) is 4.99 Å². The van der Waals surface area contributed by atoms with Crippen molar-refractivity contribution in [1.29, 1.82) is 0 Å². The number of hydrogen-bond acceptors (Lipinski definition) is 10. The first-order valence-electron chi connectivity index (χ1n) is 7.81. The molecular weight excluding hydrogens is 402 g/mol. The molecule has 1 heterocycles. The lowest BCUT2D eigenvalue weighted by Crippen LogP contribution is -2.49. The molecule has 0 bridgehead atoms. The summed E-state index contributed by atoms with van der Waals surface area (Å²) in [6.07, 6.45) is -3.47. The van der Waals surface area contributed by atoms with Crippen molar-refractivity contribution in [3.63, 3.8) is 0 Å². The Balaban J connectivity index is 2.30. The van der Waals surface area contributed by atoms with Crippen LogP contribution in [0.25, 0.3) is 0 Å². The highest BCUT2D eigenvalue weighted by Gasteiger charge is 2.41. The molecule has 4 atom stereocenters. The van der Waals surface area contributed by atoms with Crippen LogP contribution < -0.4 is 0 Å². The summed E-state index contributed by atoms with van der Waals surface area (Å²) in [4.78, 5) is 4.24. The van der Waals surface area contributed by atoms with Gasteiger partial charge in [0.1, 0.15) is 31.0 Å². The molecule has 0 amide bonds. The average Bonchev–Trinajstić information content (AvgIpc) is 3.06. The van der Waals surface area contributed by atoms with Gasteiger partial charge in [0.05, 0.1) is 19.1 Å². The van der Waals surface area contributed by atoms with E-state index in [-0.39, 0.29) is 12.5 Å². The molecule has 0 saturated heterocycles. The first-order chi connectivity index (χ1) is 12.5. The maximum absolute atomic E-state index is 11.6. The standard InChI is InChI=1S/C15H21NO9S2/c1-26(19,20)24-12(8-17)13(18)14(25-27(2,21)22)11-9-23-15(16-11)10-6-4-3-5-7-10/h3-7,11-14,17-18H,8-9H2,1-2H3/t11-,12+,13+,14+/m0/s1. The van der Waals surface area contributed by atoms with Crippen LogP contribution in [0.3, 0.4) is 0 Å². The molecule has 0 aromatic heterocycles. The summed E-state index contributed by atoms with van der Waals surface area (Å²) in [5.41, 5.74) is 0.638. The zero-order valence-electron chi connectivity index (χ0n) is 14.6. The lowest BCUT2D eigenvalue weighted by Gasteiger charge is -2.29. The van der Waals surface area contributed by atoms with Gasteiger partial charge in [-0.05, 0) is 12.1 Å². The molecule has 0 spiro atoms. The van der Waals surface area contributed by atoms with Gasteiger partial charge < -0.3 is 14.9 Å². The van der Waals surface area contributed by atoms with Crippen LogP contribution >= 0.6 is 0 Å². The number of hydrogen-bond donors (Lipinski definition) is 2. The van der Waals surface area contributed by atoms with Gasteiger partial charge in [-0.25, -0.2) is 4.99 Å². The maximum atomic E-state index is 11.6. The van der Waals surface area contributed by atoms with Crippen LogP contribution in [0, 0.1) is 0 Å². The second-order valence-corrected chi connectivity index (χ2v) is 9.16. The number of aliphatic imine (C=N–C) groups is 1. The van der Waals surface area contributed by atoms with Crippen LogP contribution in [-0.4, -0.2) is 83.0 Å². The Morgan fingerprint density at radius 3 is 2.26 bits per heavy atom. The number of aliphatic hydroxyl groups is 2. The molecule has 0 radical (unpaired) electrons. The predicted octanol–water partition coefficient (Wildman–Crippen LogP) is -1.13. The van der Waals surface area contributed by atoms with E-state index in [0.29, 0.717) is 5.56 Å². The van der Waals surface area contributed by atoms with E-state index in [1.807, 2.05) is 0 Å². The third-order valence-corrected chi connectivity index (χ3v) is 4.72. The molecular formula is C15H21NO9S2. The zero-order valence-corrected chi connectivity index (χ0v) is 16.3. The van der Waals surface area contributed by atoms with E-state index in [1.54, 1.807) is 30.3 Å². The fourth-order valence-electron chi connectivity index (χ4n) is 2.48. The summed E-state index contributed by atoms with van der Waals surface area (Å²) in [6, 6.07) is 7.80. The first-order valence-corrected chi connectivity index (χ1v) is 11.4. The van der Waals surface area contributed by atoms with Crippen LogP contribution in [0.4, 0.5) is 0 Å². The lowest BCUT2D eigenvalue weighted by molar-refractivity contribution is -0.0605. The van der Waals surface area contributed by atoms with Gasteiger partial charge in [0.15, 0.2) is 0 Å². The molecule has 0 saturated carbocycles. The van der Waals surface area contributed by atoms with Crippen molar-refractivity contribution in [3.05, 3.63) is 35.9 Å². The van der Waals surface area contributed by atoms with Gasteiger partial charge in [-0.15, -0.1) is 0 Å². The Morgan fingerprint density at radius 1 is 1.15 bits per heavy atom. The topological polar surface area (TPSA) is 149 Å². The first kappa shape index (κ1) is 21.7. The van der Waals surface area contributed by atoms with Crippen LogP contribution in [-0.2, 0) is 33.3 Å². The largest absolute Gasteiger partial charge is 0.475 e. The van der Waals surface area contributed by atoms with Crippen molar-refractivity contribution in [2.45, 2.75) is 24.4 Å². The van der Waals surface area contributed by atoms with Gasteiger partial charge in [0, 0.05) is 5.56 Å². The SMILES string of the molecule is CS(=O)(=O)O[C@@H]([C@H](O)[C@@H](CO)OS(C)(=O)=O)[C@@H]1COC(c2ccccc2)=N1. The Bertz CT molecular complexity index is 868. The van der Waals surface area contributed by atoms with E-state index in [2.05, 4.69) is 9.18 Å². The molecule has 2 rings (SSSR count). The van der Waals surface area contributed by atoms with Gasteiger partial charge in [-0.3, -0.25) is 8.37 Å². The van der Waals surface area contributed by atoms with Gasteiger partial charge in [-0.1, -0.05) is 18.2 Å². The van der Waals surface area contributed by atoms with E-state index in [9.17, 15) is 27.0 Å². The highest BCUT2D eigenvalue weighted by molar-refractivity contribution is 7.86. The van der Waals surface area contributed by atoms with E-state index in [0.717, 1.165) is 12.5 Å². The minimum Gasteiger partial charge on any atom is -0.475 e. The second kappa shape index (κ2) is 8.63. The molecule has 1 aliphatic heterocycles. The van der Waals surface area contributed by atoms with E-state index < -0.39 is 51.2 Å². The van der Waals surface area contributed by atoms with Crippen molar-refractivity contribution in [3.8, 4) is 0 Å². The van der Waals surface area contributed by atoms with Crippen molar-refractivity contribution in [2.75, 3.05) is 25.7 Å². The molecule has 152 valence electrons. The molecule has 0 unspecified atom stereocenters. The minimum absolute atomic E-state index is 0.113. The monoisotopic (exact) mass is 423 g/mol. The fourth-order valence-corrected chi connectivity index (χ4v) is 3.75. The summed E-state index contributed by atoms with van der Waals surface area (Å²) in [5.74, 6) is 0.222. The number of benzene rings is 1. The molecule has 10 nitrogen and oxygen atoms in total. The lowest BCUT2D eigenvalue weighted by atomic mass is 10.0. The van der Waals surface area contributed by atoms with E-state index >= 15 is 0 Å². The normalized spacial score (nSPS) is 21.2. The van der Waals surface area contributed by atoms with Gasteiger partial charge in [0.25, 0.3) is 20.2 Å². The molecule has 1 aromatic carbocycles. The molecule has 1 aliphatic rings. The molecule has 0 fully saturated rings. The summed E-state index contributed by atoms with van der Waals surface area (Å²) in [7, 11) is -8.07. The number of nitrogens with zero attached hydrogens (tertiary/aromatic N) is 1. The molecule has 12 heteroatoms. The molecule has 2 N–H and O–H groups in total. The van der Waals surface area contributed by atoms with Crippen LogP contribution in [0.2, 0.25) is 0 Å². The van der Waals surface area contributed by atoms with E-state index in [4.69, 9.17) is 8.92 Å². The third kappa shape index (κ3) is 6.52.